The van der Waals surface area contributed by atoms with Gasteiger partial charge in [0.25, 0.3) is 0 Å². The first-order chi connectivity index (χ1) is 10.8. The summed E-state index contributed by atoms with van der Waals surface area (Å²) in [5.41, 5.74) is -2.10. The molecule has 23 heavy (non-hydrogen) atoms. The smallest absolute Gasteiger partial charge is 0.417 e. The molecule has 7 heteroatoms. The maximum absolute atomic E-state index is 13.2. The van der Waals surface area contributed by atoms with Gasteiger partial charge in [0, 0.05) is 22.0 Å². The molecule has 0 fully saturated rings. The molecule has 0 amide bonds. The minimum Gasteiger partial charge on any atom is -0.508 e. The summed E-state index contributed by atoms with van der Waals surface area (Å²) >= 11 is 5.99. The lowest BCUT2D eigenvalue weighted by Crippen LogP contribution is -2.09. The molecule has 0 atom stereocenters. The van der Waals surface area contributed by atoms with Crippen molar-refractivity contribution in [2.24, 2.45) is 0 Å². The molecule has 0 bridgehead atoms. The van der Waals surface area contributed by atoms with E-state index in [1.54, 1.807) is 12.1 Å². The van der Waals surface area contributed by atoms with Crippen LogP contribution in [0.3, 0.4) is 0 Å². The quantitative estimate of drug-likeness (QED) is 0.645. The molecule has 0 aliphatic heterocycles. The van der Waals surface area contributed by atoms with Crippen LogP contribution in [-0.2, 0) is 6.18 Å². The van der Waals surface area contributed by atoms with E-state index in [2.05, 4.69) is 0 Å². The third-order valence-electron chi connectivity index (χ3n) is 3.31. The van der Waals surface area contributed by atoms with E-state index in [0.717, 1.165) is 12.1 Å². The molecule has 0 radical (unpaired) electrons. The van der Waals surface area contributed by atoms with Crippen LogP contribution >= 0.6 is 11.6 Å². The molecule has 3 rings (SSSR count). The van der Waals surface area contributed by atoms with Crippen LogP contribution in [-0.4, -0.2) is 5.11 Å². The molecule has 3 nitrogen and oxygen atoms in total. The van der Waals surface area contributed by atoms with Crippen molar-refractivity contribution in [1.82, 2.24) is 0 Å². The van der Waals surface area contributed by atoms with Gasteiger partial charge in [0.1, 0.15) is 11.3 Å². The molecule has 2 aromatic carbocycles. The number of phenols is 1. The summed E-state index contributed by atoms with van der Waals surface area (Å²) in [5.74, 6) is -0.640. The van der Waals surface area contributed by atoms with Gasteiger partial charge in [0.15, 0.2) is 0 Å². The Morgan fingerprint density at radius 2 is 1.74 bits per heavy atom. The molecule has 0 spiro atoms. The lowest BCUT2D eigenvalue weighted by Gasteiger charge is -2.11. The highest BCUT2D eigenvalue weighted by molar-refractivity contribution is 6.33. The second kappa shape index (κ2) is 5.31. The highest BCUT2D eigenvalue weighted by Gasteiger charge is 2.34. The van der Waals surface area contributed by atoms with Crippen molar-refractivity contribution in [3.8, 4) is 16.9 Å². The van der Waals surface area contributed by atoms with E-state index in [1.807, 2.05) is 0 Å². The number of hydrogen-bond acceptors (Lipinski definition) is 3. The summed E-state index contributed by atoms with van der Waals surface area (Å²) < 4.78 is 44.4. The van der Waals surface area contributed by atoms with Gasteiger partial charge in [0.05, 0.1) is 11.1 Å². The van der Waals surface area contributed by atoms with Crippen molar-refractivity contribution in [2.45, 2.75) is 6.18 Å². The summed E-state index contributed by atoms with van der Waals surface area (Å²) in [6.07, 6.45) is -4.71. The van der Waals surface area contributed by atoms with Crippen LogP contribution in [0.2, 0.25) is 5.02 Å². The van der Waals surface area contributed by atoms with Gasteiger partial charge in [-0.05, 0) is 18.2 Å². The molecular weight excluding hydrogens is 333 g/mol. The van der Waals surface area contributed by atoms with E-state index >= 15 is 0 Å². The SMILES string of the molecule is O=c1oc2cc(O)cc(C(F)(F)F)c2cc1-c1ccccc1Cl. The summed E-state index contributed by atoms with van der Waals surface area (Å²) in [6.45, 7) is 0. The maximum Gasteiger partial charge on any atom is 0.417 e. The zero-order valence-electron chi connectivity index (χ0n) is 11.3. The van der Waals surface area contributed by atoms with Gasteiger partial charge in [0.2, 0.25) is 0 Å². The number of phenolic OH excluding ortho intramolecular Hbond substituents is 1. The molecule has 0 saturated carbocycles. The normalized spacial score (nSPS) is 11.8. The first kappa shape index (κ1) is 15.4. The van der Waals surface area contributed by atoms with Crippen molar-refractivity contribution >= 4 is 22.6 Å². The summed E-state index contributed by atoms with van der Waals surface area (Å²) in [7, 11) is 0. The fourth-order valence-electron chi connectivity index (χ4n) is 2.31. The molecule has 1 heterocycles. The Bertz CT molecular complexity index is 961. The fraction of sp³-hybridized carbons (Fsp3) is 0.0625. The number of fused-ring (bicyclic) bond motifs is 1. The fourth-order valence-corrected chi connectivity index (χ4v) is 2.54. The van der Waals surface area contributed by atoms with Crippen LogP contribution < -0.4 is 5.63 Å². The van der Waals surface area contributed by atoms with E-state index < -0.39 is 23.1 Å². The number of hydrogen-bond donors (Lipinski definition) is 1. The Hall–Kier alpha value is -2.47. The van der Waals surface area contributed by atoms with Crippen LogP contribution in [0.5, 0.6) is 5.75 Å². The van der Waals surface area contributed by atoms with Gasteiger partial charge < -0.3 is 9.52 Å². The first-order valence-electron chi connectivity index (χ1n) is 6.40. The standard InChI is InChI=1S/C16H8ClF3O3/c17-13-4-2-1-3-9(13)10-7-11-12(16(18,19)20)5-8(21)6-14(11)23-15(10)22/h1-7,21H. The Morgan fingerprint density at radius 3 is 2.39 bits per heavy atom. The van der Waals surface area contributed by atoms with Crippen molar-refractivity contribution in [3.05, 3.63) is 63.5 Å². The number of benzene rings is 2. The molecule has 118 valence electrons. The molecule has 0 aliphatic rings. The van der Waals surface area contributed by atoms with Crippen LogP contribution in [0.15, 0.2) is 51.7 Å². The van der Waals surface area contributed by atoms with Crippen LogP contribution in [0, 0.1) is 0 Å². The van der Waals surface area contributed by atoms with E-state index in [4.69, 9.17) is 16.0 Å². The molecule has 0 saturated heterocycles. The third kappa shape index (κ3) is 2.77. The van der Waals surface area contributed by atoms with Crippen LogP contribution in [0.4, 0.5) is 13.2 Å². The largest absolute Gasteiger partial charge is 0.508 e. The van der Waals surface area contributed by atoms with Gasteiger partial charge in [-0.1, -0.05) is 29.8 Å². The number of halogens is 4. The van der Waals surface area contributed by atoms with E-state index in [-0.39, 0.29) is 27.1 Å². The Kier molecular flexibility index (Phi) is 3.56. The van der Waals surface area contributed by atoms with E-state index in [9.17, 15) is 23.1 Å². The first-order valence-corrected chi connectivity index (χ1v) is 6.78. The molecule has 3 aromatic rings. The predicted octanol–water partition coefficient (Wildman–Crippen LogP) is 4.84. The third-order valence-corrected chi connectivity index (χ3v) is 3.64. The minimum absolute atomic E-state index is 0.0840. The molecule has 0 unspecified atom stereocenters. The van der Waals surface area contributed by atoms with Crippen LogP contribution in [0.25, 0.3) is 22.1 Å². The zero-order valence-corrected chi connectivity index (χ0v) is 12.1. The average molecular weight is 341 g/mol. The Morgan fingerprint density at radius 1 is 1.04 bits per heavy atom. The van der Waals surface area contributed by atoms with Gasteiger partial charge >= 0.3 is 11.8 Å². The van der Waals surface area contributed by atoms with Gasteiger partial charge in [-0.15, -0.1) is 0 Å². The maximum atomic E-state index is 13.2. The van der Waals surface area contributed by atoms with Crippen LogP contribution in [0.1, 0.15) is 5.56 Å². The van der Waals surface area contributed by atoms with E-state index in [1.165, 1.54) is 12.1 Å². The Balaban J connectivity index is 2.40. The number of alkyl halides is 3. The second-order valence-electron chi connectivity index (χ2n) is 4.83. The van der Waals surface area contributed by atoms with Crippen molar-refractivity contribution < 1.29 is 22.7 Å². The van der Waals surface area contributed by atoms with Gasteiger partial charge in [-0.25, -0.2) is 4.79 Å². The predicted molar refractivity (Wildman–Crippen MR) is 79.6 cm³/mol. The summed E-state index contributed by atoms with van der Waals surface area (Å²) in [4.78, 5) is 12.1. The molecular formula is C16H8ClF3O3. The number of aromatic hydroxyl groups is 1. The zero-order chi connectivity index (χ0) is 16.8. The molecule has 1 aromatic heterocycles. The topological polar surface area (TPSA) is 50.4 Å². The second-order valence-corrected chi connectivity index (χ2v) is 5.24. The van der Waals surface area contributed by atoms with Gasteiger partial charge in [-0.3, -0.25) is 0 Å². The highest BCUT2D eigenvalue weighted by atomic mass is 35.5. The molecule has 0 aliphatic carbocycles. The van der Waals surface area contributed by atoms with Gasteiger partial charge in [-0.2, -0.15) is 13.2 Å². The summed E-state index contributed by atoms with van der Waals surface area (Å²) in [5, 5.41) is 9.30. The number of rotatable bonds is 1. The highest BCUT2D eigenvalue weighted by Crippen LogP contribution is 2.38. The Labute approximate surface area is 132 Å². The monoisotopic (exact) mass is 340 g/mol. The average Bonchev–Trinajstić information content (AvgIpc) is 2.45. The lowest BCUT2D eigenvalue weighted by atomic mass is 10.0. The van der Waals surface area contributed by atoms with E-state index in [0.29, 0.717) is 6.07 Å². The molecule has 1 N–H and O–H groups in total. The van der Waals surface area contributed by atoms with Crippen molar-refractivity contribution in [1.29, 1.82) is 0 Å². The van der Waals surface area contributed by atoms with Crippen molar-refractivity contribution in [2.75, 3.05) is 0 Å². The van der Waals surface area contributed by atoms with Crippen molar-refractivity contribution in [3.63, 3.8) is 0 Å². The summed E-state index contributed by atoms with van der Waals surface area (Å²) in [6, 6.07) is 8.88. The lowest BCUT2D eigenvalue weighted by molar-refractivity contribution is -0.136. The minimum atomic E-state index is -4.71.